The average Bonchev–Trinajstić information content (AvgIpc) is 3.28. The van der Waals surface area contributed by atoms with Gasteiger partial charge in [-0.2, -0.15) is 0 Å². The SMILES string of the molecule is Cn1c(SCc2csc(-c3ccccc3Cl)n2)nnc1-c1ccccc1. The summed E-state index contributed by atoms with van der Waals surface area (Å²) in [4.78, 5) is 4.71. The van der Waals surface area contributed by atoms with Crippen LogP contribution >= 0.6 is 34.7 Å². The number of halogens is 1. The van der Waals surface area contributed by atoms with Gasteiger partial charge in [-0.3, -0.25) is 0 Å². The van der Waals surface area contributed by atoms with E-state index in [4.69, 9.17) is 16.6 Å². The number of rotatable bonds is 5. The molecule has 0 radical (unpaired) electrons. The second-order valence-electron chi connectivity index (χ2n) is 5.64. The van der Waals surface area contributed by atoms with Gasteiger partial charge in [0.1, 0.15) is 5.01 Å². The van der Waals surface area contributed by atoms with Crippen molar-refractivity contribution in [1.29, 1.82) is 0 Å². The minimum atomic E-state index is 0.724. The molecule has 0 aliphatic heterocycles. The Bertz CT molecular complexity index is 1030. The molecule has 0 spiro atoms. The molecule has 0 aliphatic rings. The van der Waals surface area contributed by atoms with Gasteiger partial charge in [-0.1, -0.05) is 71.9 Å². The van der Waals surface area contributed by atoms with Gasteiger partial charge in [-0.25, -0.2) is 4.98 Å². The highest BCUT2D eigenvalue weighted by Gasteiger charge is 2.13. The summed E-state index contributed by atoms with van der Waals surface area (Å²) >= 11 is 9.50. The molecule has 0 fully saturated rings. The molecule has 130 valence electrons. The lowest BCUT2D eigenvalue weighted by Gasteiger charge is -2.03. The van der Waals surface area contributed by atoms with Crippen molar-refractivity contribution in [3.8, 4) is 22.0 Å². The van der Waals surface area contributed by atoms with Crippen LogP contribution in [0.5, 0.6) is 0 Å². The predicted molar refractivity (Wildman–Crippen MR) is 109 cm³/mol. The van der Waals surface area contributed by atoms with Crippen LogP contribution < -0.4 is 0 Å². The van der Waals surface area contributed by atoms with E-state index in [1.54, 1.807) is 23.1 Å². The lowest BCUT2D eigenvalue weighted by atomic mass is 10.2. The molecule has 2 aromatic heterocycles. The lowest BCUT2D eigenvalue weighted by molar-refractivity contribution is 0.793. The number of benzene rings is 2. The normalized spacial score (nSPS) is 11.0. The Hall–Kier alpha value is -2.15. The summed E-state index contributed by atoms with van der Waals surface area (Å²) in [5, 5.41) is 13.2. The first-order chi connectivity index (χ1) is 12.7. The largest absolute Gasteiger partial charge is 0.305 e. The van der Waals surface area contributed by atoms with Crippen molar-refractivity contribution in [2.75, 3.05) is 0 Å². The third-order valence-electron chi connectivity index (χ3n) is 3.87. The Morgan fingerprint density at radius 2 is 1.81 bits per heavy atom. The van der Waals surface area contributed by atoms with Gasteiger partial charge in [-0.15, -0.1) is 21.5 Å². The van der Waals surface area contributed by atoms with Crippen molar-refractivity contribution in [2.24, 2.45) is 7.05 Å². The van der Waals surface area contributed by atoms with Gasteiger partial charge in [-0.05, 0) is 6.07 Å². The minimum Gasteiger partial charge on any atom is -0.305 e. The molecule has 0 amide bonds. The molecule has 0 bridgehead atoms. The topological polar surface area (TPSA) is 43.6 Å². The summed E-state index contributed by atoms with van der Waals surface area (Å²) in [5.41, 5.74) is 3.05. The van der Waals surface area contributed by atoms with E-state index in [9.17, 15) is 0 Å². The summed E-state index contributed by atoms with van der Waals surface area (Å²) in [6.45, 7) is 0. The van der Waals surface area contributed by atoms with Gasteiger partial charge in [0, 0.05) is 29.3 Å². The van der Waals surface area contributed by atoms with Crippen LogP contribution in [-0.4, -0.2) is 19.7 Å². The first kappa shape index (κ1) is 17.3. The fourth-order valence-electron chi connectivity index (χ4n) is 2.55. The summed E-state index contributed by atoms with van der Waals surface area (Å²) in [6, 6.07) is 17.9. The average molecular weight is 399 g/mol. The lowest BCUT2D eigenvalue weighted by Crippen LogP contribution is -1.95. The van der Waals surface area contributed by atoms with Crippen molar-refractivity contribution in [1.82, 2.24) is 19.7 Å². The monoisotopic (exact) mass is 398 g/mol. The van der Waals surface area contributed by atoms with E-state index in [1.165, 1.54) is 0 Å². The highest BCUT2D eigenvalue weighted by molar-refractivity contribution is 7.98. The van der Waals surface area contributed by atoms with Gasteiger partial charge in [0.2, 0.25) is 0 Å². The zero-order chi connectivity index (χ0) is 17.9. The quantitative estimate of drug-likeness (QED) is 0.413. The second kappa shape index (κ2) is 7.61. The fourth-order valence-corrected chi connectivity index (χ4v) is 4.60. The van der Waals surface area contributed by atoms with Crippen LogP contribution in [0.2, 0.25) is 5.02 Å². The molecule has 0 unspecified atom stereocenters. The molecule has 0 N–H and O–H groups in total. The van der Waals surface area contributed by atoms with Crippen LogP contribution in [0.4, 0.5) is 0 Å². The van der Waals surface area contributed by atoms with Crippen molar-refractivity contribution in [2.45, 2.75) is 10.9 Å². The molecular weight excluding hydrogens is 384 g/mol. The fraction of sp³-hybridized carbons (Fsp3) is 0.105. The van der Waals surface area contributed by atoms with Crippen molar-refractivity contribution < 1.29 is 0 Å². The number of hydrogen-bond donors (Lipinski definition) is 0. The van der Waals surface area contributed by atoms with Crippen LogP contribution in [0.15, 0.2) is 65.1 Å². The molecular formula is C19H15ClN4S2. The maximum Gasteiger partial charge on any atom is 0.191 e. The van der Waals surface area contributed by atoms with Crippen LogP contribution in [0.25, 0.3) is 22.0 Å². The number of thioether (sulfide) groups is 1. The maximum atomic E-state index is 6.26. The van der Waals surface area contributed by atoms with E-state index in [0.29, 0.717) is 0 Å². The van der Waals surface area contributed by atoms with Crippen molar-refractivity contribution in [3.05, 3.63) is 70.7 Å². The molecule has 0 aliphatic carbocycles. The summed E-state index contributed by atoms with van der Waals surface area (Å²) in [7, 11) is 1.99. The highest BCUT2D eigenvalue weighted by atomic mass is 35.5. The molecule has 4 nitrogen and oxygen atoms in total. The first-order valence-electron chi connectivity index (χ1n) is 7.99. The van der Waals surface area contributed by atoms with E-state index in [-0.39, 0.29) is 0 Å². The van der Waals surface area contributed by atoms with Crippen LogP contribution in [-0.2, 0) is 12.8 Å². The van der Waals surface area contributed by atoms with Gasteiger partial charge >= 0.3 is 0 Å². The van der Waals surface area contributed by atoms with E-state index in [0.717, 1.165) is 43.6 Å². The predicted octanol–water partition coefficient (Wildman–Crippen LogP) is 5.55. The molecule has 2 heterocycles. The standard InChI is InChI=1S/C19H15ClN4S2/c1-24-17(13-7-3-2-4-8-13)22-23-19(24)26-12-14-11-25-18(21-14)15-9-5-6-10-16(15)20/h2-11H,12H2,1H3. The molecule has 0 saturated carbocycles. The molecule has 7 heteroatoms. The Kier molecular flexibility index (Phi) is 5.06. The summed E-state index contributed by atoms with van der Waals surface area (Å²) < 4.78 is 2.02. The first-order valence-corrected chi connectivity index (χ1v) is 10.2. The highest BCUT2D eigenvalue weighted by Crippen LogP contribution is 2.32. The van der Waals surface area contributed by atoms with E-state index in [2.05, 4.69) is 15.6 Å². The molecule has 0 atom stereocenters. The van der Waals surface area contributed by atoms with Crippen LogP contribution in [0, 0.1) is 0 Å². The van der Waals surface area contributed by atoms with Crippen molar-refractivity contribution >= 4 is 34.7 Å². The zero-order valence-corrected chi connectivity index (χ0v) is 16.4. The van der Waals surface area contributed by atoms with E-state index in [1.807, 2.05) is 66.2 Å². The Balaban J connectivity index is 1.49. The van der Waals surface area contributed by atoms with Gasteiger partial charge < -0.3 is 4.57 Å². The van der Waals surface area contributed by atoms with Gasteiger partial charge in [0.15, 0.2) is 11.0 Å². The minimum absolute atomic E-state index is 0.724. The second-order valence-corrected chi connectivity index (χ2v) is 7.85. The Morgan fingerprint density at radius 1 is 1.04 bits per heavy atom. The Labute approximate surface area is 164 Å². The van der Waals surface area contributed by atoms with Gasteiger partial charge in [0.05, 0.1) is 10.7 Å². The van der Waals surface area contributed by atoms with E-state index >= 15 is 0 Å². The van der Waals surface area contributed by atoms with Crippen molar-refractivity contribution in [3.63, 3.8) is 0 Å². The number of aromatic nitrogens is 4. The maximum absolute atomic E-state index is 6.26. The Morgan fingerprint density at radius 3 is 2.62 bits per heavy atom. The molecule has 4 aromatic rings. The summed E-state index contributed by atoms with van der Waals surface area (Å²) in [6.07, 6.45) is 0. The molecule has 0 saturated heterocycles. The third-order valence-corrected chi connectivity index (χ3v) is 6.18. The molecule has 2 aromatic carbocycles. The summed E-state index contributed by atoms with van der Waals surface area (Å²) in [5.74, 6) is 1.60. The smallest absolute Gasteiger partial charge is 0.191 e. The number of thiazole rings is 1. The zero-order valence-electron chi connectivity index (χ0n) is 14.0. The van der Waals surface area contributed by atoms with Crippen LogP contribution in [0.1, 0.15) is 5.69 Å². The molecule has 4 rings (SSSR count). The van der Waals surface area contributed by atoms with E-state index < -0.39 is 0 Å². The number of hydrogen-bond acceptors (Lipinski definition) is 5. The van der Waals surface area contributed by atoms with Crippen LogP contribution in [0.3, 0.4) is 0 Å². The third kappa shape index (κ3) is 3.53. The number of nitrogens with zero attached hydrogens (tertiary/aromatic N) is 4. The molecule has 26 heavy (non-hydrogen) atoms. The van der Waals surface area contributed by atoms with Gasteiger partial charge in [0.25, 0.3) is 0 Å².